The molecule has 8 nitrogen and oxygen atoms in total. The molecule has 0 fully saturated rings. The number of rotatable bonds is 9. The molecule has 160 valence electrons. The van der Waals surface area contributed by atoms with Gasteiger partial charge in [0.1, 0.15) is 12.7 Å². The fourth-order valence-corrected chi connectivity index (χ4v) is 3.62. The molecule has 0 bridgehead atoms. The van der Waals surface area contributed by atoms with Gasteiger partial charge in [0.25, 0.3) is 5.91 Å². The summed E-state index contributed by atoms with van der Waals surface area (Å²) in [5, 5.41) is 7.12. The highest BCUT2D eigenvalue weighted by Gasteiger charge is 2.15. The van der Waals surface area contributed by atoms with Crippen LogP contribution in [0.2, 0.25) is 0 Å². The number of aromatic nitrogens is 5. The van der Waals surface area contributed by atoms with E-state index >= 15 is 0 Å². The van der Waals surface area contributed by atoms with Gasteiger partial charge >= 0.3 is 0 Å². The summed E-state index contributed by atoms with van der Waals surface area (Å²) in [5.74, 6) is 0.400. The number of benzene rings is 2. The molecule has 8 heteroatoms. The van der Waals surface area contributed by atoms with Gasteiger partial charge in [-0.15, -0.1) is 0 Å². The summed E-state index contributed by atoms with van der Waals surface area (Å²) >= 11 is 0. The van der Waals surface area contributed by atoms with Crippen molar-refractivity contribution in [2.45, 2.75) is 26.9 Å². The Morgan fingerprint density at radius 2 is 1.84 bits per heavy atom. The van der Waals surface area contributed by atoms with Gasteiger partial charge in [-0.3, -0.25) is 10.1 Å². The number of nitrogens with one attached hydrogen (secondary N) is 1. The van der Waals surface area contributed by atoms with Crippen LogP contribution < -0.4 is 5.32 Å². The van der Waals surface area contributed by atoms with Gasteiger partial charge in [-0.05, 0) is 42.9 Å². The first-order chi connectivity index (χ1) is 15.2. The van der Waals surface area contributed by atoms with Crippen LogP contribution in [0, 0.1) is 0 Å². The number of likely N-dealkylation sites (N-methyl/N-ethyl adjacent to an activating group) is 1. The highest BCUT2D eigenvalue weighted by Crippen LogP contribution is 2.20. The van der Waals surface area contributed by atoms with Gasteiger partial charge < -0.3 is 9.47 Å². The Balaban J connectivity index is 1.52. The number of para-hydroxylation sites is 2. The summed E-state index contributed by atoms with van der Waals surface area (Å²) in [6.45, 7) is 8.57. The molecule has 1 N–H and O–H groups in total. The fourth-order valence-electron chi connectivity index (χ4n) is 3.62. The first kappa shape index (κ1) is 20.7. The Morgan fingerprint density at radius 3 is 2.55 bits per heavy atom. The molecular formula is C23H27N7O. The minimum atomic E-state index is -0.174. The predicted octanol–water partition coefficient (Wildman–Crippen LogP) is 3.27. The van der Waals surface area contributed by atoms with Crippen LogP contribution in [0.25, 0.3) is 11.0 Å². The minimum Gasteiger partial charge on any atom is -0.309 e. The van der Waals surface area contributed by atoms with Crippen molar-refractivity contribution < 1.29 is 4.79 Å². The Labute approximate surface area is 181 Å². The predicted molar refractivity (Wildman–Crippen MR) is 121 cm³/mol. The zero-order valence-corrected chi connectivity index (χ0v) is 17.9. The van der Waals surface area contributed by atoms with Crippen LogP contribution in [0.15, 0.2) is 61.2 Å². The SMILES string of the molecule is CCN(CC)CCn1c(NC(=O)c2ccc(Cn3cncn3)cc2)nc2ccccc21. The zero-order chi connectivity index (χ0) is 21.6. The molecule has 31 heavy (non-hydrogen) atoms. The summed E-state index contributed by atoms with van der Waals surface area (Å²) in [6, 6.07) is 15.5. The van der Waals surface area contributed by atoms with E-state index in [9.17, 15) is 4.79 Å². The quantitative estimate of drug-likeness (QED) is 0.452. The number of anilines is 1. The molecule has 0 aliphatic heterocycles. The van der Waals surface area contributed by atoms with Crippen molar-refractivity contribution >= 4 is 22.9 Å². The number of carbonyl (C=O) groups is 1. The lowest BCUT2D eigenvalue weighted by atomic mass is 10.1. The van der Waals surface area contributed by atoms with E-state index in [0.717, 1.165) is 42.8 Å². The van der Waals surface area contributed by atoms with E-state index in [4.69, 9.17) is 0 Å². The number of fused-ring (bicyclic) bond motifs is 1. The van der Waals surface area contributed by atoms with Crippen molar-refractivity contribution in [2.24, 2.45) is 0 Å². The second kappa shape index (κ2) is 9.53. The maximum Gasteiger partial charge on any atom is 0.257 e. The van der Waals surface area contributed by atoms with Gasteiger partial charge in [-0.25, -0.2) is 14.6 Å². The lowest BCUT2D eigenvalue weighted by Gasteiger charge is -2.19. The number of amides is 1. The summed E-state index contributed by atoms with van der Waals surface area (Å²) in [5.41, 5.74) is 3.53. The van der Waals surface area contributed by atoms with Crippen molar-refractivity contribution in [3.05, 3.63) is 72.3 Å². The molecule has 0 aliphatic rings. The highest BCUT2D eigenvalue weighted by atomic mass is 16.1. The lowest BCUT2D eigenvalue weighted by Crippen LogP contribution is -2.27. The van der Waals surface area contributed by atoms with Crippen LogP contribution >= 0.6 is 0 Å². The van der Waals surface area contributed by atoms with Gasteiger partial charge in [0.05, 0.1) is 17.6 Å². The molecule has 0 aliphatic carbocycles. The molecule has 2 aromatic carbocycles. The molecule has 2 aromatic heterocycles. The van der Waals surface area contributed by atoms with E-state index in [1.807, 2.05) is 48.5 Å². The molecule has 4 aromatic rings. The third-order valence-electron chi connectivity index (χ3n) is 5.44. The number of hydrogen-bond donors (Lipinski definition) is 1. The molecule has 2 heterocycles. The Morgan fingerprint density at radius 1 is 1.06 bits per heavy atom. The number of nitrogens with zero attached hydrogens (tertiary/aromatic N) is 6. The molecule has 0 spiro atoms. The monoisotopic (exact) mass is 417 g/mol. The van der Waals surface area contributed by atoms with E-state index < -0.39 is 0 Å². The van der Waals surface area contributed by atoms with E-state index in [1.54, 1.807) is 11.0 Å². The maximum atomic E-state index is 12.9. The third-order valence-corrected chi connectivity index (χ3v) is 5.44. The summed E-state index contributed by atoms with van der Waals surface area (Å²) in [7, 11) is 0. The number of hydrogen-bond acceptors (Lipinski definition) is 5. The summed E-state index contributed by atoms with van der Waals surface area (Å²) in [4.78, 5) is 23.9. The van der Waals surface area contributed by atoms with Crippen molar-refractivity contribution in [1.29, 1.82) is 0 Å². The van der Waals surface area contributed by atoms with Gasteiger partial charge in [0.15, 0.2) is 0 Å². The average Bonchev–Trinajstić information content (AvgIpc) is 3.42. The maximum absolute atomic E-state index is 12.9. The van der Waals surface area contributed by atoms with Crippen molar-refractivity contribution in [1.82, 2.24) is 29.2 Å². The molecule has 0 atom stereocenters. The lowest BCUT2D eigenvalue weighted by molar-refractivity contribution is 0.102. The zero-order valence-electron chi connectivity index (χ0n) is 17.9. The van der Waals surface area contributed by atoms with Gasteiger partial charge in [-0.2, -0.15) is 5.10 Å². The second-order valence-electron chi connectivity index (χ2n) is 7.35. The normalized spacial score (nSPS) is 11.3. The average molecular weight is 418 g/mol. The van der Waals surface area contributed by atoms with Crippen LogP contribution in [0.3, 0.4) is 0 Å². The van der Waals surface area contributed by atoms with Crippen LogP contribution in [-0.2, 0) is 13.1 Å². The van der Waals surface area contributed by atoms with Crippen molar-refractivity contribution in [3.8, 4) is 0 Å². The largest absolute Gasteiger partial charge is 0.309 e. The van der Waals surface area contributed by atoms with Crippen LogP contribution in [0.4, 0.5) is 5.95 Å². The third kappa shape index (κ3) is 4.80. The second-order valence-corrected chi connectivity index (χ2v) is 7.35. The summed E-state index contributed by atoms with van der Waals surface area (Å²) in [6.07, 6.45) is 3.18. The van der Waals surface area contributed by atoms with Crippen LogP contribution in [0.5, 0.6) is 0 Å². The van der Waals surface area contributed by atoms with Crippen molar-refractivity contribution in [3.63, 3.8) is 0 Å². The molecule has 0 saturated heterocycles. The Hall–Kier alpha value is -3.52. The van der Waals surface area contributed by atoms with E-state index in [2.05, 4.69) is 43.7 Å². The Bertz CT molecular complexity index is 1130. The van der Waals surface area contributed by atoms with E-state index in [-0.39, 0.29) is 5.91 Å². The summed E-state index contributed by atoms with van der Waals surface area (Å²) < 4.78 is 3.83. The van der Waals surface area contributed by atoms with Gasteiger partial charge in [-0.1, -0.05) is 38.1 Å². The molecule has 0 radical (unpaired) electrons. The highest BCUT2D eigenvalue weighted by molar-refractivity contribution is 6.04. The number of carbonyl (C=O) groups excluding carboxylic acids is 1. The topological polar surface area (TPSA) is 80.9 Å². The molecule has 4 rings (SSSR count). The van der Waals surface area contributed by atoms with Gasteiger partial charge in [0.2, 0.25) is 5.95 Å². The standard InChI is InChI=1S/C23H27N7O/c1-3-28(4-2)13-14-30-21-8-6-5-7-20(21)26-23(30)27-22(31)19-11-9-18(10-12-19)15-29-17-24-16-25-29/h5-12,16-17H,3-4,13-15H2,1-2H3,(H,26,27,31). The van der Waals surface area contributed by atoms with Gasteiger partial charge in [0, 0.05) is 18.7 Å². The van der Waals surface area contributed by atoms with Crippen LogP contribution in [0.1, 0.15) is 29.8 Å². The first-order valence-corrected chi connectivity index (χ1v) is 10.6. The molecule has 0 unspecified atom stereocenters. The number of imidazole rings is 1. The van der Waals surface area contributed by atoms with E-state index in [0.29, 0.717) is 18.1 Å². The van der Waals surface area contributed by atoms with Crippen molar-refractivity contribution in [2.75, 3.05) is 25.0 Å². The minimum absolute atomic E-state index is 0.174. The first-order valence-electron chi connectivity index (χ1n) is 10.6. The smallest absolute Gasteiger partial charge is 0.257 e. The van der Waals surface area contributed by atoms with E-state index in [1.165, 1.54) is 6.33 Å². The fraction of sp³-hybridized carbons (Fsp3) is 0.304. The molecule has 0 saturated carbocycles. The van der Waals surface area contributed by atoms with Crippen LogP contribution in [-0.4, -0.2) is 54.8 Å². The Kier molecular flexibility index (Phi) is 6.37. The molecule has 1 amide bonds. The molecular weight excluding hydrogens is 390 g/mol.